The number of nitrogens with zero attached hydrogens (tertiary/aromatic N) is 3. The van der Waals surface area contributed by atoms with Gasteiger partial charge in [-0.25, -0.2) is 0 Å². The van der Waals surface area contributed by atoms with E-state index in [0.717, 1.165) is 17.8 Å². The Hall–Kier alpha value is -2.39. The summed E-state index contributed by atoms with van der Waals surface area (Å²) < 4.78 is 5.52. The van der Waals surface area contributed by atoms with Crippen molar-refractivity contribution in [3.05, 3.63) is 87.7 Å². The molecule has 0 saturated carbocycles. The van der Waals surface area contributed by atoms with Crippen molar-refractivity contribution in [2.24, 2.45) is 0 Å². The molecule has 1 unspecified atom stereocenters. The molecule has 2 heterocycles. The van der Waals surface area contributed by atoms with Gasteiger partial charge in [-0.05, 0) is 42.8 Å². The molecule has 1 saturated heterocycles. The molecule has 1 aliphatic heterocycles. The Morgan fingerprint density at radius 1 is 1.06 bits per heavy atom. The van der Waals surface area contributed by atoms with Crippen LogP contribution in [0.25, 0.3) is 0 Å². The molecule has 1 aromatic heterocycles. The highest BCUT2D eigenvalue weighted by molar-refractivity contribution is 6.33. The Morgan fingerprint density at radius 2 is 1.83 bits per heavy atom. The summed E-state index contributed by atoms with van der Waals surface area (Å²) in [6.45, 7) is 4.00. The van der Waals surface area contributed by atoms with Crippen molar-refractivity contribution in [1.29, 1.82) is 0 Å². The second-order valence-electron chi connectivity index (χ2n) is 8.98. The summed E-state index contributed by atoms with van der Waals surface area (Å²) in [4.78, 5) is 8.75. The molecule has 2 aromatic carbocycles. The maximum absolute atomic E-state index is 10.9. The lowest BCUT2D eigenvalue weighted by Crippen LogP contribution is -2.54. The van der Waals surface area contributed by atoms with Crippen LogP contribution in [-0.4, -0.2) is 64.1 Å². The molecule has 3 aromatic rings. The van der Waals surface area contributed by atoms with Gasteiger partial charge in [-0.3, -0.25) is 9.88 Å². The van der Waals surface area contributed by atoms with Crippen molar-refractivity contribution in [1.82, 2.24) is 9.88 Å². The third-order valence-electron chi connectivity index (χ3n) is 6.40. The van der Waals surface area contributed by atoms with E-state index < -0.39 is 6.10 Å². The third kappa shape index (κ3) is 6.29. The SMILES string of the molecule is CC1CN(C[C@@H](O)c2ccc(CO)nc2)C[C@@H](c2ccc(Cl)cc2)N1c1ccc(OCCO)cc1Cl. The highest BCUT2D eigenvalue weighted by Crippen LogP contribution is 2.39. The number of aliphatic hydroxyl groups excluding tert-OH is 3. The maximum Gasteiger partial charge on any atom is 0.121 e. The highest BCUT2D eigenvalue weighted by atomic mass is 35.5. The van der Waals surface area contributed by atoms with Crippen LogP contribution < -0.4 is 9.64 Å². The minimum atomic E-state index is -0.707. The van der Waals surface area contributed by atoms with Crippen molar-refractivity contribution in [2.75, 3.05) is 37.7 Å². The van der Waals surface area contributed by atoms with Gasteiger partial charge in [-0.2, -0.15) is 0 Å². The van der Waals surface area contributed by atoms with E-state index in [0.29, 0.717) is 40.1 Å². The molecule has 7 nitrogen and oxygen atoms in total. The summed E-state index contributed by atoms with van der Waals surface area (Å²) in [5.41, 5.74) is 3.27. The van der Waals surface area contributed by atoms with Crippen molar-refractivity contribution in [2.45, 2.75) is 31.7 Å². The largest absolute Gasteiger partial charge is 0.491 e. The van der Waals surface area contributed by atoms with E-state index in [2.05, 4.69) is 21.7 Å². The molecular weight excluding hydrogens is 501 g/mol. The second-order valence-corrected chi connectivity index (χ2v) is 9.83. The van der Waals surface area contributed by atoms with Crippen LogP contribution in [-0.2, 0) is 6.61 Å². The predicted molar refractivity (Wildman–Crippen MR) is 142 cm³/mol. The average Bonchev–Trinajstić information content (AvgIpc) is 2.88. The van der Waals surface area contributed by atoms with E-state index in [1.807, 2.05) is 36.4 Å². The molecule has 9 heteroatoms. The molecule has 4 rings (SSSR count). The summed E-state index contributed by atoms with van der Waals surface area (Å²) in [5, 5.41) is 30.4. The molecule has 192 valence electrons. The number of benzene rings is 2. The van der Waals surface area contributed by atoms with Crippen LogP contribution in [0, 0.1) is 0 Å². The molecule has 0 spiro atoms. The quantitative estimate of drug-likeness (QED) is 0.380. The first-order valence-corrected chi connectivity index (χ1v) is 12.7. The molecular formula is C27H31Cl2N3O4. The Kier molecular flexibility index (Phi) is 9.06. The monoisotopic (exact) mass is 531 g/mol. The van der Waals surface area contributed by atoms with Gasteiger partial charge in [-0.15, -0.1) is 0 Å². The zero-order valence-corrected chi connectivity index (χ0v) is 21.6. The van der Waals surface area contributed by atoms with Crippen LogP contribution in [0.4, 0.5) is 5.69 Å². The molecule has 0 bridgehead atoms. The van der Waals surface area contributed by atoms with Gasteiger partial charge in [0.15, 0.2) is 0 Å². The highest BCUT2D eigenvalue weighted by Gasteiger charge is 2.35. The van der Waals surface area contributed by atoms with Gasteiger partial charge in [0.25, 0.3) is 0 Å². The van der Waals surface area contributed by atoms with E-state index in [1.54, 1.807) is 24.4 Å². The first-order valence-electron chi connectivity index (χ1n) is 11.9. The number of anilines is 1. The number of aliphatic hydroxyl groups is 3. The summed E-state index contributed by atoms with van der Waals surface area (Å²) in [6.07, 6.45) is 0.911. The maximum atomic E-state index is 10.9. The molecule has 0 radical (unpaired) electrons. The summed E-state index contributed by atoms with van der Waals surface area (Å²) in [7, 11) is 0. The molecule has 36 heavy (non-hydrogen) atoms. The molecule has 3 atom stereocenters. The number of piperazine rings is 1. The summed E-state index contributed by atoms with van der Waals surface area (Å²) in [6, 6.07) is 17.0. The Balaban J connectivity index is 1.59. The number of hydrogen-bond donors (Lipinski definition) is 3. The number of halogens is 2. The summed E-state index contributed by atoms with van der Waals surface area (Å²) >= 11 is 12.9. The lowest BCUT2D eigenvalue weighted by molar-refractivity contribution is 0.0913. The fourth-order valence-corrected chi connectivity index (χ4v) is 5.10. The number of aromatic nitrogens is 1. The van der Waals surface area contributed by atoms with Gasteiger partial charge in [0.05, 0.1) is 41.8 Å². The van der Waals surface area contributed by atoms with Crippen molar-refractivity contribution < 1.29 is 20.1 Å². The Labute approximate surface area is 221 Å². The topological polar surface area (TPSA) is 89.3 Å². The van der Waals surface area contributed by atoms with Crippen LogP contribution in [0.15, 0.2) is 60.8 Å². The third-order valence-corrected chi connectivity index (χ3v) is 6.96. The van der Waals surface area contributed by atoms with Gasteiger partial charge in [0.2, 0.25) is 0 Å². The number of hydrogen-bond acceptors (Lipinski definition) is 7. The van der Waals surface area contributed by atoms with E-state index in [1.165, 1.54) is 0 Å². The zero-order valence-electron chi connectivity index (χ0n) is 20.1. The number of β-amino-alcohol motifs (C(OH)–C–C–N with tert-alkyl or cyclic N) is 1. The molecule has 3 N–H and O–H groups in total. The lowest BCUT2D eigenvalue weighted by atomic mass is 9.97. The average molecular weight is 532 g/mol. The normalized spacial score (nSPS) is 19.3. The fourth-order valence-electron chi connectivity index (χ4n) is 4.71. The van der Waals surface area contributed by atoms with Crippen molar-refractivity contribution >= 4 is 28.9 Å². The summed E-state index contributed by atoms with van der Waals surface area (Å²) in [5.74, 6) is 0.607. The van der Waals surface area contributed by atoms with E-state index in [-0.39, 0.29) is 31.9 Å². The van der Waals surface area contributed by atoms with Crippen LogP contribution >= 0.6 is 23.2 Å². The van der Waals surface area contributed by atoms with Gasteiger partial charge in [0, 0.05) is 48.5 Å². The lowest BCUT2D eigenvalue weighted by Gasteiger charge is -2.48. The van der Waals surface area contributed by atoms with Gasteiger partial charge < -0.3 is 25.0 Å². The standard InChI is InChI=1S/C27H31Cl2N3O4/c1-18-14-31(16-27(35)20-4-7-22(17-34)30-13-20)15-26(19-2-5-21(28)6-3-19)32(18)25-9-8-23(12-24(25)29)36-11-10-33/h2-9,12-13,18,26-27,33-35H,10-11,14-17H2,1H3/t18?,26-,27+/m0/s1. The smallest absolute Gasteiger partial charge is 0.121 e. The van der Waals surface area contributed by atoms with E-state index in [9.17, 15) is 10.2 Å². The van der Waals surface area contributed by atoms with Gasteiger partial charge in [0.1, 0.15) is 12.4 Å². The first kappa shape index (κ1) is 26.7. The number of rotatable bonds is 9. The first-order chi connectivity index (χ1) is 17.4. The van der Waals surface area contributed by atoms with Crippen LogP contribution in [0.3, 0.4) is 0 Å². The van der Waals surface area contributed by atoms with Crippen LogP contribution in [0.1, 0.15) is 35.9 Å². The van der Waals surface area contributed by atoms with E-state index >= 15 is 0 Å². The number of pyridine rings is 1. The van der Waals surface area contributed by atoms with Crippen molar-refractivity contribution in [3.63, 3.8) is 0 Å². The predicted octanol–water partition coefficient (Wildman–Crippen LogP) is 4.24. The van der Waals surface area contributed by atoms with Gasteiger partial charge >= 0.3 is 0 Å². The minimum Gasteiger partial charge on any atom is -0.491 e. The molecule has 1 aliphatic rings. The van der Waals surface area contributed by atoms with Crippen LogP contribution in [0.2, 0.25) is 10.0 Å². The number of ether oxygens (including phenoxy) is 1. The van der Waals surface area contributed by atoms with Crippen molar-refractivity contribution in [3.8, 4) is 5.75 Å². The van der Waals surface area contributed by atoms with E-state index in [4.69, 9.17) is 33.0 Å². The molecule has 1 fully saturated rings. The Bertz CT molecular complexity index is 1130. The molecule has 0 aliphatic carbocycles. The fraction of sp³-hybridized carbons (Fsp3) is 0.370. The zero-order chi connectivity index (χ0) is 25.7. The Morgan fingerprint density at radius 3 is 2.47 bits per heavy atom. The van der Waals surface area contributed by atoms with Gasteiger partial charge in [-0.1, -0.05) is 41.4 Å². The molecule has 0 amide bonds. The second kappa shape index (κ2) is 12.2. The minimum absolute atomic E-state index is 0.0326. The van der Waals surface area contributed by atoms with Crippen LogP contribution in [0.5, 0.6) is 5.75 Å².